The Hall–Kier alpha value is -1.36. The lowest BCUT2D eigenvalue weighted by Gasteiger charge is -2.23. The minimum Gasteiger partial charge on any atom is -0.435 e. The number of ketones is 1. The van der Waals surface area contributed by atoms with Gasteiger partial charge in [-0.3, -0.25) is 4.79 Å². The van der Waals surface area contributed by atoms with Gasteiger partial charge in [0.2, 0.25) is 6.29 Å². The molecule has 5 heteroatoms. The van der Waals surface area contributed by atoms with Gasteiger partial charge in [0, 0.05) is 0 Å². The number of carbonyl (C=O) groups excluding carboxylic acids is 2. The van der Waals surface area contributed by atoms with Crippen molar-refractivity contribution in [1.82, 2.24) is 0 Å². The first kappa shape index (κ1) is 11.7. The van der Waals surface area contributed by atoms with Gasteiger partial charge in [-0.2, -0.15) is 0 Å². The average Bonchev–Trinajstić information content (AvgIpc) is 2.21. The molecule has 1 heterocycles. The molecule has 0 saturated heterocycles. The Bertz CT molecular complexity index is 271. The molecule has 2 atom stereocenters. The molecule has 0 fully saturated rings. The predicted molar refractivity (Wildman–Crippen MR) is 51.2 cm³/mol. The Morgan fingerprint density at radius 1 is 1.53 bits per heavy atom. The SMILES string of the molecule is CCOC(=O)OC1C=CC(=O)C(CC)O1. The lowest BCUT2D eigenvalue weighted by atomic mass is 10.1. The maximum atomic E-state index is 11.2. The molecule has 0 aromatic carbocycles. The molecule has 1 aliphatic rings. The van der Waals surface area contributed by atoms with E-state index in [4.69, 9.17) is 9.47 Å². The molecule has 15 heavy (non-hydrogen) atoms. The molecular weight excluding hydrogens is 200 g/mol. The zero-order chi connectivity index (χ0) is 11.3. The second-order valence-electron chi connectivity index (χ2n) is 2.96. The minimum atomic E-state index is -0.827. The molecule has 0 aliphatic carbocycles. The zero-order valence-corrected chi connectivity index (χ0v) is 8.76. The van der Waals surface area contributed by atoms with E-state index >= 15 is 0 Å². The fourth-order valence-corrected chi connectivity index (χ4v) is 1.17. The van der Waals surface area contributed by atoms with Crippen molar-refractivity contribution in [3.8, 4) is 0 Å². The molecule has 0 bridgehead atoms. The molecular formula is C10H14O5. The van der Waals surface area contributed by atoms with Gasteiger partial charge in [0.15, 0.2) is 5.78 Å². The molecule has 0 radical (unpaired) electrons. The van der Waals surface area contributed by atoms with Gasteiger partial charge in [-0.05, 0) is 25.5 Å². The molecule has 1 aliphatic heterocycles. The Morgan fingerprint density at radius 2 is 2.27 bits per heavy atom. The average molecular weight is 214 g/mol. The van der Waals surface area contributed by atoms with Gasteiger partial charge in [0.1, 0.15) is 6.10 Å². The fourth-order valence-electron chi connectivity index (χ4n) is 1.17. The number of ether oxygens (including phenoxy) is 3. The molecule has 5 nitrogen and oxygen atoms in total. The fraction of sp³-hybridized carbons (Fsp3) is 0.600. The van der Waals surface area contributed by atoms with E-state index in [0.29, 0.717) is 6.42 Å². The molecule has 0 amide bonds. The molecule has 84 valence electrons. The summed E-state index contributed by atoms with van der Waals surface area (Å²) >= 11 is 0. The largest absolute Gasteiger partial charge is 0.510 e. The Morgan fingerprint density at radius 3 is 2.87 bits per heavy atom. The smallest absolute Gasteiger partial charge is 0.435 e. The highest BCUT2D eigenvalue weighted by atomic mass is 16.8. The van der Waals surface area contributed by atoms with Gasteiger partial charge in [-0.15, -0.1) is 0 Å². The molecule has 0 saturated carbocycles. The van der Waals surface area contributed by atoms with Crippen LogP contribution in [-0.4, -0.2) is 30.9 Å². The maximum absolute atomic E-state index is 11.2. The van der Waals surface area contributed by atoms with Gasteiger partial charge < -0.3 is 14.2 Å². The summed E-state index contributed by atoms with van der Waals surface area (Å²) in [6.45, 7) is 3.74. The topological polar surface area (TPSA) is 61.8 Å². The van der Waals surface area contributed by atoms with E-state index in [1.165, 1.54) is 12.2 Å². The van der Waals surface area contributed by atoms with Crippen molar-refractivity contribution in [2.45, 2.75) is 32.7 Å². The first-order valence-corrected chi connectivity index (χ1v) is 4.88. The zero-order valence-electron chi connectivity index (χ0n) is 8.76. The quantitative estimate of drug-likeness (QED) is 0.665. The number of hydrogen-bond donors (Lipinski definition) is 0. The first-order chi connectivity index (χ1) is 7.17. The van der Waals surface area contributed by atoms with Crippen molar-refractivity contribution in [2.75, 3.05) is 6.61 Å². The van der Waals surface area contributed by atoms with Crippen LogP contribution < -0.4 is 0 Å². The second-order valence-corrected chi connectivity index (χ2v) is 2.96. The summed E-state index contributed by atoms with van der Waals surface area (Å²) in [4.78, 5) is 22.1. The van der Waals surface area contributed by atoms with E-state index in [2.05, 4.69) is 4.74 Å². The van der Waals surface area contributed by atoms with E-state index in [1.807, 2.05) is 6.92 Å². The van der Waals surface area contributed by atoms with Gasteiger partial charge in [0.25, 0.3) is 0 Å². The van der Waals surface area contributed by atoms with Crippen LogP contribution in [0.3, 0.4) is 0 Å². The van der Waals surface area contributed by atoms with Crippen molar-refractivity contribution in [3.05, 3.63) is 12.2 Å². The standard InChI is InChI=1S/C10H14O5/c1-3-8-7(11)5-6-9(14-8)15-10(12)13-4-2/h5-6,8-9H,3-4H2,1-2H3. The molecule has 0 N–H and O–H groups in total. The van der Waals surface area contributed by atoms with E-state index in [9.17, 15) is 9.59 Å². The summed E-state index contributed by atoms with van der Waals surface area (Å²) in [5, 5.41) is 0. The Labute approximate surface area is 88.0 Å². The molecule has 2 unspecified atom stereocenters. The molecule has 0 aromatic rings. The lowest BCUT2D eigenvalue weighted by Crippen LogP contribution is -2.33. The number of carbonyl (C=O) groups is 2. The third-order valence-electron chi connectivity index (χ3n) is 1.88. The molecule has 0 aromatic heterocycles. The van der Waals surface area contributed by atoms with Crippen molar-refractivity contribution in [1.29, 1.82) is 0 Å². The third-order valence-corrected chi connectivity index (χ3v) is 1.88. The monoisotopic (exact) mass is 214 g/mol. The first-order valence-electron chi connectivity index (χ1n) is 4.88. The number of rotatable bonds is 3. The van der Waals surface area contributed by atoms with Gasteiger partial charge in [-0.25, -0.2) is 4.79 Å². The van der Waals surface area contributed by atoms with Crippen molar-refractivity contribution >= 4 is 11.9 Å². The molecule has 1 rings (SSSR count). The van der Waals surface area contributed by atoms with Crippen LogP contribution >= 0.6 is 0 Å². The Balaban J connectivity index is 2.48. The highest BCUT2D eigenvalue weighted by Gasteiger charge is 2.26. The summed E-state index contributed by atoms with van der Waals surface area (Å²) in [5.74, 6) is -0.110. The van der Waals surface area contributed by atoms with Crippen LogP contribution in [-0.2, 0) is 19.0 Å². The van der Waals surface area contributed by atoms with Gasteiger partial charge in [0.05, 0.1) is 6.61 Å². The van der Waals surface area contributed by atoms with Crippen LogP contribution in [0.25, 0.3) is 0 Å². The van der Waals surface area contributed by atoms with Crippen LogP contribution in [0.4, 0.5) is 4.79 Å². The summed E-state index contributed by atoms with van der Waals surface area (Å²) in [5.41, 5.74) is 0. The highest BCUT2D eigenvalue weighted by Crippen LogP contribution is 2.13. The van der Waals surface area contributed by atoms with Crippen LogP contribution in [0.2, 0.25) is 0 Å². The number of hydrogen-bond acceptors (Lipinski definition) is 5. The summed E-state index contributed by atoms with van der Waals surface area (Å²) in [6, 6.07) is 0. The van der Waals surface area contributed by atoms with Crippen molar-refractivity contribution < 1.29 is 23.8 Å². The third kappa shape index (κ3) is 3.36. The van der Waals surface area contributed by atoms with E-state index in [-0.39, 0.29) is 12.4 Å². The highest BCUT2D eigenvalue weighted by molar-refractivity contribution is 5.94. The Kier molecular flexibility index (Phi) is 4.30. The van der Waals surface area contributed by atoms with E-state index in [0.717, 1.165) is 0 Å². The van der Waals surface area contributed by atoms with Crippen LogP contribution in [0.15, 0.2) is 12.2 Å². The van der Waals surface area contributed by atoms with E-state index in [1.54, 1.807) is 6.92 Å². The van der Waals surface area contributed by atoms with Gasteiger partial charge in [-0.1, -0.05) is 6.92 Å². The summed E-state index contributed by atoms with van der Waals surface area (Å²) in [7, 11) is 0. The lowest BCUT2D eigenvalue weighted by molar-refractivity contribution is -0.153. The van der Waals surface area contributed by atoms with Crippen LogP contribution in [0, 0.1) is 0 Å². The summed E-state index contributed by atoms with van der Waals surface area (Å²) < 4.78 is 14.6. The second kappa shape index (κ2) is 5.50. The van der Waals surface area contributed by atoms with Crippen LogP contribution in [0.1, 0.15) is 20.3 Å². The maximum Gasteiger partial charge on any atom is 0.510 e. The van der Waals surface area contributed by atoms with Crippen molar-refractivity contribution in [2.24, 2.45) is 0 Å². The van der Waals surface area contributed by atoms with E-state index < -0.39 is 18.5 Å². The molecule has 0 spiro atoms. The van der Waals surface area contributed by atoms with Crippen LogP contribution in [0.5, 0.6) is 0 Å². The minimum absolute atomic E-state index is 0.110. The predicted octanol–water partition coefficient (Wildman–Crippen LogP) is 1.42. The van der Waals surface area contributed by atoms with Crippen molar-refractivity contribution in [3.63, 3.8) is 0 Å². The summed E-state index contributed by atoms with van der Waals surface area (Å²) in [6.07, 6.45) is 1.15. The normalized spacial score (nSPS) is 25.1. The van der Waals surface area contributed by atoms with Gasteiger partial charge >= 0.3 is 6.16 Å².